The number of aromatic nitrogens is 2. The van der Waals surface area contributed by atoms with Gasteiger partial charge in [-0.15, -0.1) is 0 Å². The predicted octanol–water partition coefficient (Wildman–Crippen LogP) is 3.02. The second kappa shape index (κ2) is 5.57. The van der Waals surface area contributed by atoms with Gasteiger partial charge in [0, 0.05) is 5.39 Å². The molecule has 4 heteroatoms. The number of hydrogen-bond donors (Lipinski definition) is 0. The Morgan fingerprint density at radius 3 is 2.75 bits per heavy atom. The Labute approximate surface area is 117 Å². The number of methoxy groups -OCH3 is 1. The summed E-state index contributed by atoms with van der Waals surface area (Å²) in [6, 6.07) is 13.7. The molecule has 0 amide bonds. The third kappa shape index (κ3) is 2.40. The van der Waals surface area contributed by atoms with Crippen LogP contribution in [0.4, 0.5) is 0 Å². The first kappa shape index (κ1) is 12.4. The predicted molar refractivity (Wildman–Crippen MR) is 75.7 cm³/mol. The zero-order chi connectivity index (χ0) is 13.8. The van der Waals surface area contributed by atoms with E-state index >= 15 is 0 Å². The van der Waals surface area contributed by atoms with Crippen molar-refractivity contribution < 1.29 is 9.47 Å². The molecule has 1 aromatic heterocycles. The molecule has 3 rings (SSSR count). The fourth-order valence-electron chi connectivity index (χ4n) is 2.00. The van der Waals surface area contributed by atoms with Crippen LogP contribution in [0.3, 0.4) is 0 Å². The van der Waals surface area contributed by atoms with Crippen LogP contribution in [0.25, 0.3) is 10.9 Å². The van der Waals surface area contributed by atoms with Crippen LogP contribution in [0.5, 0.6) is 11.5 Å². The van der Waals surface area contributed by atoms with Crippen LogP contribution in [0.2, 0.25) is 0 Å². The van der Waals surface area contributed by atoms with E-state index in [-0.39, 0.29) is 0 Å². The molecule has 0 aliphatic carbocycles. The van der Waals surface area contributed by atoms with Crippen molar-refractivity contribution in [3.8, 4) is 11.5 Å². The van der Waals surface area contributed by atoms with Crippen molar-refractivity contribution in [2.24, 2.45) is 0 Å². The number of fused-ring (bicyclic) bond motifs is 1. The van der Waals surface area contributed by atoms with Crippen molar-refractivity contribution in [1.29, 1.82) is 0 Å². The van der Waals surface area contributed by atoms with Gasteiger partial charge < -0.3 is 9.47 Å². The quantitative estimate of drug-likeness (QED) is 0.727. The van der Waals surface area contributed by atoms with Crippen molar-refractivity contribution in [2.75, 3.05) is 7.11 Å². The lowest BCUT2D eigenvalue weighted by Gasteiger charge is -2.12. The second-order valence-electron chi connectivity index (χ2n) is 4.25. The van der Waals surface area contributed by atoms with Crippen LogP contribution in [-0.2, 0) is 6.61 Å². The van der Waals surface area contributed by atoms with Gasteiger partial charge in [-0.25, -0.2) is 9.97 Å². The molecule has 0 aliphatic heterocycles. The van der Waals surface area contributed by atoms with Crippen LogP contribution < -0.4 is 9.47 Å². The minimum Gasteiger partial charge on any atom is -0.491 e. The van der Waals surface area contributed by atoms with Gasteiger partial charge in [-0.3, -0.25) is 0 Å². The monoisotopic (exact) mass is 265 g/mol. The summed E-state index contributed by atoms with van der Waals surface area (Å²) < 4.78 is 11.2. The maximum Gasteiger partial charge on any atom is 0.187 e. The summed E-state index contributed by atoms with van der Waals surface area (Å²) in [6.07, 6.45) is 4.33. The van der Waals surface area contributed by atoms with Gasteiger partial charge in [0.25, 0.3) is 0 Å². The van der Waals surface area contributed by atoms with Crippen molar-refractivity contribution in [3.05, 3.63) is 60.6 Å². The molecule has 0 N–H and O–H groups in total. The van der Waals surface area contributed by atoms with Crippen molar-refractivity contribution >= 4 is 10.9 Å². The van der Waals surface area contributed by atoms with Gasteiger partial charge in [0.15, 0.2) is 11.5 Å². The highest BCUT2D eigenvalue weighted by molar-refractivity contribution is 5.85. The van der Waals surface area contributed by atoms with E-state index < -0.39 is 0 Å². The highest BCUT2D eigenvalue weighted by atomic mass is 16.5. The summed E-state index contributed by atoms with van der Waals surface area (Å²) in [4.78, 5) is 8.10. The SMILES string of the molecule is COc1c(OCc2ccccc2)ccc2[c]ncnc12. The first-order valence-corrected chi connectivity index (χ1v) is 6.24. The maximum absolute atomic E-state index is 5.82. The number of hydrogen-bond acceptors (Lipinski definition) is 4. The summed E-state index contributed by atoms with van der Waals surface area (Å²) in [5.41, 5.74) is 1.80. The standard InChI is InChI=1S/C16H13N2O2/c1-19-16-14(20-10-12-5-3-2-4-6-12)8-7-13-9-17-11-18-15(13)16/h2-8,11H,10H2,1H3. The Morgan fingerprint density at radius 2 is 1.95 bits per heavy atom. The minimum absolute atomic E-state index is 0.484. The molecule has 2 aromatic carbocycles. The van der Waals surface area contributed by atoms with E-state index in [4.69, 9.17) is 9.47 Å². The Bertz CT molecular complexity index is 714. The van der Waals surface area contributed by atoms with E-state index in [0.29, 0.717) is 23.6 Å². The number of ether oxygens (including phenoxy) is 2. The van der Waals surface area contributed by atoms with Crippen LogP contribution in [0.1, 0.15) is 5.56 Å². The third-order valence-corrected chi connectivity index (χ3v) is 2.97. The average molecular weight is 265 g/mol. The molecule has 0 aliphatic rings. The summed E-state index contributed by atoms with van der Waals surface area (Å²) in [6.45, 7) is 0.484. The summed E-state index contributed by atoms with van der Waals surface area (Å²) in [5.74, 6) is 1.27. The minimum atomic E-state index is 0.484. The number of rotatable bonds is 4. The van der Waals surface area contributed by atoms with E-state index in [0.717, 1.165) is 10.9 Å². The molecule has 20 heavy (non-hydrogen) atoms. The Balaban J connectivity index is 1.91. The zero-order valence-electron chi connectivity index (χ0n) is 11.0. The molecule has 4 nitrogen and oxygen atoms in total. The lowest BCUT2D eigenvalue weighted by atomic mass is 10.2. The molecule has 1 heterocycles. The number of benzene rings is 2. The maximum atomic E-state index is 5.82. The Hall–Kier alpha value is -2.62. The summed E-state index contributed by atoms with van der Waals surface area (Å²) >= 11 is 0. The molecule has 0 unspecified atom stereocenters. The molecule has 0 spiro atoms. The van der Waals surface area contributed by atoms with E-state index in [2.05, 4.69) is 16.2 Å². The lowest BCUT2D eigenvalue weighted by molar-refractivity contribution is 0.286. The molecule has 0 atom stereocenters. The molecular weight excluding hydrogens is 252 g/mol. The highest BCUT2D eigenvalue weighted by Crippen LogP contribution is 2.33. The lowest BCUT2D eigenvalue weighted by Crippen LogP contribution is -1.98. The van der Waals surface area contributed by atoms with Crippen molar-refractivity contribution in [2.45, 2.75) is 6.61 Å². The first-order chi connectivity index (χ1) is 9.88. The third-order valence-electron chi connectivity index (χ3n) is 2.97. The highest BCUT2D eigenvalue weighted by Gasteiger charge is 2.11. The Kier molecular flexibility index (Phi) is 3.46. The largest absolute Gasteiger partial charge is 0.491 e. The Morgan fingerprint density at radius 1 is 1.10 bits per heavy atom. The van der Waals surface area contributed by atoms with E-state index in [1.165, 1.54) is 6.33 Å². The van der Waals surface area contributed by atoms with Crippen LogP contribution in [0.15, 0.2) is 48.8 Å². The van der Waals surface area contributed by atoms with Crippen LogP contribution in [-0.4, -0.2) is 17.1 Å². The molecule has 99 valence electrons. The van der Waals surface area contributed by atoms with Crippen molar-refractivity contribution in [1.82, 2.24) is 9.97 Å². The first-order valence-electron chi connectivity index (χ1n) is 6.24. The van der Waals surface area contributed by atoms with Gasteiger partial charge in [0.1, 0.15) is 24.6 Å². The fourth-order valence-corrected chi connectivity index (χ4v) is 2.00. The van der Waals surface area contributed by atoms with Gasteiger partial charge in [-0.1, -0.05) is 30.3 Å². The van der Waals surface area contributed by atoms with E-state index in [1.54, 1.807) is 7.11 Å². The summed E-state index contributed by atoms with van der Waals surface area (Å²) in [7, 11) is 1.60. The molecular formula is C16H13N2O2. The topological polar surface area (TPSA) is 44.2 Å². The molecule has 0 saturated carbocycles. The van der Waals surface area contributed by atoms with Crippen LogP contribution in [0, 0.1) is 6.20 Å². The average Bonchev–Trinajstić information content (AvgIpc) is 2.53. The normalized spacial score (nSPS) is 10.4. The fraction of sp³-hybridized carbons (Fsp3) is 0.125. The van der Waals surface area contributed by atoms with Gasteiger partial charge in [0.05, 0.1) is 7.11 Å². The zero-order valence-corrected chi connectivity index (χ0v) is 11.0. The smallest absolute Gasteiger partial charge is 0.187 e. The molecule has 3 aromatic rings. The molecule has 0 fully saturated rings. The van der Waals surface area contributed by atoms with Crippen LogP contribution >= 0.6 is 0 Å². The van der Waals surface area contributed by atoms with E-state index in [1.807, 2.05) is 42.5 Å². The van der Waals surface area contributed by atoms with Gasteiger partial charge in [0.2, 0.25) is 0 Å². The second-order valence-corrected chi connectivity index (χ2v) is 4.25. The number of nitrogens with zero attached hydrogens (tertiary/aromatic N) is 2. The summed E-state index contributed by atoms with van der Waals surface area (Å²) in [5, 5.41) is 0.802. The van der Waals surface area contributed by atoms with Crippen molar-refractivity contribution in [3.63, 3.8) is 0 Å². The molecule has 0 bridgehead atoms. The van der Waals surface area contributed by atoms with Gasteiger partial charge in [-0.2, -0.15) is 0 Å². The van der Waals surface area contributed by atoms with Gasteiger partial charge >= 0.3 is 0 Å². The van der Waals surface area contributed by atoms with E-state index in [9.17, 15) is 0 Å². The van der Waals surface area contributed by atoms with Gasteiger partial charge in [-0.05, 0) is 17.7 Å². The molecule has 0 saturated heterocycles. The molecule has 1 radical (unpaired) electrons.